The number of nitrogens with zero attached hydrogens (tertiary/aromatic N) is 3. The summed E-state index contributed by atoms with van der Waals surface area (Å²) < 4.78 is 37.6. The Bertz CT molecular complexity index is 508. The molecule has 0 aliphatic heterocycles. The Morgan fingerprint density at radius 1 is 1.16 bits per heavy atom. The van der Waals surface area contributed by atoms with Gasteiger partial charge in [0.25, 0.3) is 0 Å². The predicted octanol–water partition coefficient (Wildman–Crippen LogP) is 1.83. The van der Waals surface area contributed by atoms with Crippen LogP contribution in [-0.4, -0.2) is 16.9 Å². The monoisotopic (exact) mass is 280 g/mol. The van der Waals surface area contributed by atoms with Crippen molar-refractivity contribution in [3.63, 3.8) is 0 Å². The molecular weight excluding hydrogens is 273 g/mol. The van der Waals surface area contributed by atoms with Gasteiger partial charge in [-0.25, -0.2) is 5.84 Å². The van der Waals surface area contributed by atoms with Gasteiger partial charge in [0.05, 0.1) is 15.4 Å². The first-order valence-electron chi connectivity index (χ1n) is 4.58. The fourth-order valence-electron chi connectivity index (χ4n) is 1.41. The fraction of sp³-hybridized carbons (Fsp3) is 0.250. The van der Waals surface area contributed by atoms with Gasteiger partial charge in [0.2, 0.25) is 5.69 Å². The van der Waals surface area contributed by atoms with Crippen molar-refractivity contribution < 1.29 is 23.0 Å². The third-order valence-corrected chi connectivity index (χ3v) is 2.14. The molecule has 0 aromatic heterocycles. The number of anilines is 1. The topological polar surface area (TPSA) is 116 Å². The maximum absolute atomic E-state index is 12.5. The number of alkyl halides is 3. The van der Waals surface area contributed by atoms with Crippen LogP contribution in [0.15, 0.2) is 12.1 Å². The predicted molar refractivity (Wildman–Crippen MR) is 57.3 cm³/mol. The van der Waals surface area contributed by atoms with Gasteiger partial charge in [0, 0.05) is 19.2 Å². The molecule has 2 N–H and O–H groups in total. The maximum Gasteiger partial charge on any atom is 0.416 e. The molecule has 0 aliphatic rings. The maximum atomic E-state index is 12.5. The lowest BCUT2D eigenvalue weighted by atomic mass is 10.1. The van der Waals surface area contributed by atoms with E-state index in [0.29, 0.717) is 5.01 Å². The highest BCUT2D eigenvalue weighted by molar-refractivity contribution is 5.75. The van der Waals surface area contributed by atoms with E-state index in [1.807, 2.05) is 0 Å². The number of nitrogens with two attached hydrogens (primary N) is 1. The zero-order valence-electron chi connectivity index (χ0n) is 9.34. The van der Waals surface area contributed by atoms with Crippen LogP contribution in [0.25, 0.3) is 0 Å². The Morgan fingerprint density at radius 2 is 1.53 bits per heavy atom. The summed E-state index contributed by atoms with van der Waals surface area (Å²) in [6.07, 6.45) is -4.94. The van der Waals surface area contributed by atoms with Crippen LogP contribution in [0.1, 0.15) is 5.56 Å². The van der Waals surface area contributed by atoms with Crippen LogP contribution in [0.2, 0.25) is 0 Å². The summed E-state index contributed by atoms with van der Waals surface area (Å²) in [4.78, 5) is 19.1. The largest absolute Gasteiger partial charge is 0.416 e. The molecule has 1 rings (SSSR count). The number of hydrogen-bond acceptors (Lipinski definition) is 6. The lowest BCUT2D eigenvalue weighted by molar-refractivity contribution is -0.393. The van der Waals surface area contributed by atoms with E-state index in [1.165, 1.54) is 0 Å². The lowest BCUT2D eigenvalue weighted by Crippen LogP contribution is -2.27. The van der Waals surface area contributed by atoms with Crippen LogP contribution in [0.4, 0.5) is 30.2 Å². The molecule has 0 radical (unpaired) electrons. The standard InChI is InChI=1S/C8H7F3N4O4/c1-13(12)7-5(14(16)17)2-4(8(9,10)11)3-6(7)15(18)19/h2-3H,12H2,1H3. The second kappa shape index (κ2) is 4.68. The summed E-state index contributed by atoms with van der Waals surface area (Å²) in [5.74, 6) is 5.19. The van der Waals surface area contributed by atoms with Gasteiger partial charge in [0.15, 0.2) is 0 Å². The van der Waals surface area contributed by atoms with Crippen LogP contribution in [0, 0.1) is 20.2 Å². The minimum atomic E-state index is -4.94. The van der Waals surface area contributed by atoms with Gasteiger partial charge < -0.3 is 5.01 Å². The number of rotatable bonds is 3. The van der Waals surface area contributed by atoms with Crippen molar-refractivity contribution in [3.8, 4) is 0 Å². The van der Waals surface area contributed by atoms with Crippen molar-refractivity contribution in [3.05, 3.63) is 37.9 Å². The van der Waals surface area contributed by atoms with Crippen molar-refractivity contribution in [2.75, 3.05) is 12.1 Å². The first kappa shape index (κ1) is 14.6. The van der Waals surface area contributed by atoms with E-state index in [-0.39, 0.29) is 12.1 Å². The molecule has 8 nitrogen and oxygen atoms in total. The number of nitro benzene ring substituents is 2. The highest BCUT2D eigenvalue weighted by Crippen LogP contribution is 2.41. The van der Waals surface area contributed by atoms with Gasteiger partial charge in [0.1, 0.15) is 0 Å². The summed E-state index contributed by atoms with van der Waals surface area (Å²) in [6.45, 7) is 0. The highest BCUT2D eigenvalue weighted by Gasteiger charge is 2.38. The molecule has 104 valence electrons. The number of hydrogen-bond donors (Lipinski definition) is 1. The zero-order chi connectivity index (χ0) is 15.0. The molecule has 0 saturated heterocycles. The van der Waals surface area contributed by atoms with Crippen molar-refractivity contribution in [1.82, 2.24) is 0 Å². The molecule has 0 unspecified atom stereocenters. The summed E-state index contributed by atoms with van der Waals surface area (Å²) in [6, 6.07) is 0.400. The minimum absolute atomic E-state index is 0.200. The Labute approximate surface area is 103 Å². The molecule has 0 fully saturated rings. The third-order valence-electron chi connectivity index (χ3n) is 2.14. The van der Waals surface area contributed by atoms with Crippen molar-refractivity contribution in [1.29, 1.82) is 0 Å². The van der Waals surface area contributed by atoms with Crippen molar-refractivity contribution in [2.45, 2.75) is 6.18 Å². The molecular formula is C8H7F3N4O4. The molecule has 0 bridgehead atoms. The average Bonchev–Trinajstić information content (AvgIpc) is 2.25. The molecule has 0 aliphatic carbocycles. The summed E-state index contributed by atoms with van der Waals surface area (Å²) in [5, 5.41) is 22.0. The SMILES string of the molecule is CN(N)c1c([N+](=O)[O-])cc(C(F)(F)F)cc1[N+](=O)[O-]. The first-order valence-corrected chi connectivity index (χ1v) is 4.58. The Balaban J connectivity index is 3.73. The Hall–Kier alpha value is -2.43. The van der Waals surface area contributed by atoms with E-state index in [1.54, 1.807) is 0 Å². The van der Waals surface area contributed by atoms with E-state index in [0.717, 1.165) is 7.05 Å². The van der Waals surface area contributed by atoms with Gasteiger partial charge in [-0.1, -0.05) is 0 Å². The van der Waals surface area contributed by atoms with E-state index in [2.05, 4.69) is 0 Å². The van der Waals surface area contributed by atoms with Gasteiger partial charge in [-0.05, 0) is 0 Å². The first-order chi connectivity index (χ1) is 8.55. The molecule has 1 aromatic carbocycles. The second-order valence-corrected chi connectivity index (χ2v) is 3.49. The van der Waals surface area contributed by atoms with Crippen LogP contribution in [0.5, 0.6) is 0 Å². The number of hydrazine groups is 1. The quantitative estimate of drug-likeness (QED) is 0.513. The summed E-state index contributed by atoms with van der Waals surface area (Å²) in [7, 11) is 1.04. The molecule has 0 heterocycles. The molecule has 0 saturated carbocycles. The molecule has 0 spiro atoms. The van der Waals surface area contributed by atoms with E-state index < -0.39 is 38.6 Å². The minimum Gasteiger partial charge on any atom is -0.302 e. The fourth-order valence-corrected chi connectivity index (χ4v) is 1.41. The Kier molecular flexibility index (Phi) is 3.61. The van der Waals surface area contributed by atoms with E-state index in [4.69, 9.17) is 5.84 Å². The van der Waals surface area contributed by atoms with Gasteiger partial charge >= 0.3 is 17.6 Å². The van der Waals surface area contributed by atoms with Crippen LogP contribution < -0.4 is 10.9 Å². The number of benzene rings is 1. The normalized spacial score (nSPS) is 11.2. The molecule has 0 amide bonds. The molecule has 1 aromatic rings. The second-order valence-electron chi connectivity index (χ2n) is 3.49. The Morgan fingerprint density at radius 3 is 1.74 bits per heavy atom. The van der Waals surface area contributed by atoms with Crippen LogP contribution in [-0.2, 0) is 6.18 Å². The molecule has 19 heavy (non-hydrogen) atoms. The van der Waals surface area contributed by atoms with Gasteiger partial charge in [-0.3, -0.25) is 20.2 Å². The molecule has 11 heteroatoms. The summed E-state index contributed by atoms with van der Waals surface area (Å²) in [5.41, 5.74) is -4.38. The number of halogens is 3. The van der Waals surface area contributed by atoms with Crippen molar-refractivity contribution in [2.24, 2.45) is 5.84 Å². The number of nitro groups is 2. The highest BCUT2D eigenvalue weighted by atomic mass is 19.4. The van der Waals surface area contributed by atoms with Gasteiger partial charge in [-0.2, -0.15) is 13.2 Å². The third kappa shape index (κ3) is 2.88. The van der Waals surface area contributed by atoms with Crippen molar-refractivity contribution >= 4 is 17.1 Å². The summed E-state index contributed by atoms with van der Waals surface area (Å²) >= 11 is 0. The van der Waals surface area contributed by atoms with Crippen LogP contribution >= 0.6 is 0 Å². The average molecular weight is 280 g/mol. The van der Waals surface area contributed by atoms with Gasteiger partial charge in [-0.15, -0.1) is 0 Å². The smallest absolute Gasteiger partial charge is 0.302 e. The lowest BCUT2D eigenvalue weighted by Gasteiger charge is -2.14. The zero-order valence-corrected chi connectivity index (χ0v) is 9.34. The van der Waals surface area contributed by atoms with E-state index >= 15 is 0 Å². The van der Waals surface area contributed by atoms with Crippen LogP contribution in [0.3, 0.4) is 0 Å². The molecule has 0 atom stereocenters. The van der Waals surface area contributed by atoms with E-state index in [9.17, 15) is 33.4 Å².